The Balaban J connectivity index is 2.06. The maximum Gasteiger partial charge on any atom is 0.251 e. The van der Waals surface area contributed by atoms with Crippen molar-refractivity contribution < 1.29 is 13.6 Å². The average Bonchev–Trinajstić information content (AvgIpc) is 2.39. The molecule has 0 atom stereocenters. The largest absolute Gasteiger partial charge is 0.348 e. The second-order valence-corrected chi connectivity index (χ2v) is 4.64. The van der Waals surface area contributed by atoms with Gasteiger partial charge in [0, 0.05) is 28.8 Å². The maximum absolute atomic E-state index is 13.1. The number of carbonyl (C=O) groups is 1. The van der Waals surface area contributed by atoms with Gasteiger partial charge < -0.3 is 5.32 Å². The van der Waals surface area contributed by atoms with Gasteiger partial charge in [-0.15, -0.1) is 0 Å². The molecule has 0 saturated heterocycles. The van der Waals surface area contributed by atoms with Gasteiger partial charge in [0.15, 0.2) is 0 Å². The number of carbonyl (C=O) groups excluding carboxylic acids is 1. The van der Waals surface area contributed by atoms with Crippen molar-refractivity contribution in [3.63, 3.8) is 0 Å². The molecule has 1 aromatic carbocycles. The Labute approximate surface area is 116 Å². The number of hydrogen-bond donors (Lipinski definition) is 1. The summed E-state index contributed by atoms with van der Waals surface area (Å²) in [5, 5.41) is 2.58. The van der Waals surface area contributed by atoms with Crippen LogP contribution in [0.3, 0.4) is 0 Å². The zero-order valence-corrected chi connectivity index (χ0v) is 11.2. The normalized spacial score (nSPS) is 10.3. The Morgan fingerprint density at radius 2 is 2.05 bits per heavy atom. The fourth-order valence-electron chi connectivity index (χ4n) is 1.50. The summed E-state index contributed by atoms with van der Waals surface area (Å²) in [7, 11) is 0. The lowest BCUT2D eigenvalue weighted by molar-refractivity contribution is 0.0950. The van der Waals surface area contributed by atoms with Gasteiger partial charge in [-0.25, -0.2) is 9.37 Å². The SMILES string of the molecule is O=C(NCc1cc(F)ccc1Br)c1ccnc(F)c1. The third-order valence-electron chi connectivity index (χ3n) is 2.44. The molecule has 1 heterocycles. The Hall–Kier alpha value is -1.82. The average molecular weight is 327 g/mol. The van der Waals surface area contributed by atoms with Crippen LogP contribution in [0.2, 0.25) is 0 Å². The van der Waals surface area contributed by atoms with E-state index in [4.69, 9.17) is 0 Å². The van der Waals surface area contributed by atoms with Gasteiger partial charge in [-0.2, -0.15) is 4.39 Å². The molecule has 0 unspecified atom stereocenters. The van der Waals surface area contributed by atoms with Gasteiger partial charge in [0.05, 0.1) is 0 Å². The fraction of sp³-hybridized carbons (Fsp3) is 0.0769. The van der Waals surface area contributed by atoms with Crippen molar-refractivity contribution in [3.8, 4) is 0 Å². The van der Waals surface area contributed by atoms with Crippen molar-refractivity contribution in [2.45, 2.75) is 6.54 Å². The number of pyridine rings is 1. The van der Waals surface area contributed by atoms with Crippen LogP contribution >= 0.6 is 15.9 Å². The first-order valence-electron chi connectivity index (χ1n) is 5.40. The van der Waals surface area contributed by atoms with Gasteiger partial charge in [0.2, 0.25) is 5.95 Å². The second kappa shape index (κ2) is 5.88. The van der Waals surface area contributed by atoms with E-state index in [-0.39, 0.29) is 17.9 Å². The highest BCUT2D eigenvalue weighted by molar-refractivity contribution is 9.10. The van der Waals surface area contributed by atoms with Crippen LogP contribution < -0.4 is 5.32 Å². The molecule has 2 aromatic rings. The first kappa shape index (κ1) is 13.6. The van der Waals surface area contributed by atoms with Crippen LogP contribution in [0.4, 0.5) is 8.78 Å². The molecule has 0 bridgehead atoms. The van der Waals surface area contributed by atoms with E-state index in [1.165, 1.54) is 24.4 Å². The lowest BCUT2D eigenvalue weighted by Gasteiger charge is -2.07. The summed E-state index contributed by atoms with van der Waals surface area (Å²) in [6, 6.07) is 6.63. The Morgan fingerprint density at radius 1 is 1.26 bits per heavy atom. The number of nitrogens with one attached hydrogen (secondary N) is 1. The molecule has 0 aliphatic carbocycles. The minimum atomic E-state index is -0.723. The Kier molecular flexibility index (Phi) is 4.21. The van der Waals surface area contributed by atoms with Gasteiger partial charge in [-0.3, -0.25) is 4.79 Å². The summed E-state index contributed by atoms with van der Waals surface area (Å²) in [5.41, 5.74) is 0.767. The van der Waals surface area contributed by atoms with Crippen LogP contribution in [0, 0.1) is 11.8 Å². The van der Waals surface area contributed by atoms with Crippen LogP contribution in [0.25, 0.3) is 0 Å². The molecule has 0 fully saturated rings. The van der Waals surface area contributed by atoms with Crippen molar-refractivity contribution in [1.29, 1.82) is 0 Å². The number of nitrogens with zero attached hydrogens (tertiary/aromatic N) is 1. The zero-order chi connectivity index (χ0) is 13.8. The molecular formula is C13H9BrF2N2O. The summed E-state index contributed by atoms with van der Waals surface area (Å²) in [4.78, 5) is 15.1. The Morgan fingerprint density at radius 3 is 2.79 bits per heavy atom. The molecule has 6 heteroatoms. The zero-order valence-electron chi connectivity index (χ0n) is 9.66. The van der Waals surface area contributed by atoms with Gasteiger partial charge in [-0.05, 0) is 29.8 Å². The van der Waals surface area contributed by atoms with Crippen LogP contribution in [0.5, 0.6) is 0 Å². The standard InChI is InChI=1S/C13H9BrF2N2O/c14-11-2-1-10(15)5-9(11)7-18-13(19)8-3-4-17-12(16)6-8/h1-6H,7H2,(H,18,19). The van der Waals surface area contributed by atoms with Gasteiger partial charge in [-0.1, -0.05) is 15.9 Å². The first-order valence-corrected chi connectivity index (χ1v) is 6.19. The minimum Gasteiger partial charge on any atom is -0.348 e. The van der Waals surface area contributed by atoms with E-state index in [9.17, 15) is 13.6 Å². The molecule has 0 radical (unpaired) electrons. The third kappa shape index (κ3) is 3.57. The molecular weight excluding hydrogens is 318 g/mol. The molecule has 0 saturated carbocycles. The van der Waals surface area contributed by atoms with Crippen molar-refractivity contribution in [2.24, 2.45) is 0 Å². The van der Waals surface area contributed by atoms with Crippen LogP contribution in [0.1, 0.15) is 15.9 Å². The molecule has 1 amide bonds. The van der Waals surface area contributed by atoms with Crippen LogP contribution in [0.15, 0.2) is 41.0 Å². The predicted molar refractivity (Wildman–Crippen MR) is 69.5 cm³/mol. The monoisotopic (exact) mass is 326 g/mol. The summed E-state index contributed by atoms with van der Waals surface area (Å²) in [6.07, 6.45) is 1.21. The third-order valence-corrected chi connectivity index (χ3v) is 3.21. The van der Waals surface area contributed by atoms with E-state index >= 15 is 0 Å². The van der Waals surface area contributed by atoms with E-state index in [0.717, 1.165) is 6.07 Å². The van der Waals surface area contributed by atoms with E-state index in [2.05, 4.69) is 26.2 Å². The lowest BCUT2D eigenvalue weighted by atomic mass is 10.2. The maximum atomic E-state index is 13.1. The van der Waals surface area contributed by atoms with Crippen molar-refractivity contribution >= 4 is 21.8 Å². The number of aromatic nitrogens is 1. The number of hydrogen-bond acceptors (Lipinski definition) is 2. The number of rotatable bonds is 3. The van der Waals surface area contributed by atoms with Gasteiger partial charge in [0.25, 0.3) is 5.91 Å². The Bertz CT molecular complexity index is 619. The first-order chi connectivity index (χ1) is 9.06. The van der Waals surface area contributed by atoms with Crippen LogP contribution in [-0.4, -0.2) is 10.9 Å². The summed E-state index contributed by atoms with van der Waals surface area (Å²) >= 11 is 3.26. The number of amides is 1. The van der Waals surface area contributed by atoms with Crippen molar-refractivity contribution in [1.82, 2.24) is 10.3 Å². The van der Waals surface area contributed by atoms with Gasteiger partial charge >= 0.3 is 0 Å². The molecule has 0 spiro atoms. The highest BCUT2D eigenvalue weighted by Gasteiger charge is 2.08. The molecule has 19 heavy (non-hydrogen) atoms. The molecule has 0 aliphatic heterocycles. The fourth-order valence-corrected chi connectivity index (χ4v) is 1.89. The molecule has 0 aliphatic rings. The molecule has 2 rings (SSSR count). The highest BCUT2D eigenvalue weighted by atomic mass is 79.9. The minimum absolute atomic E-state index is 0.140. The van der Waals surface area contributed by atoms with Gasteiger partial charge in [0.1, 0.15) is 5.82 Å². The topological polar surface area (TPSA) is 42.0 Å². The van der Waals surface area contributed by atoms with Crippen molar-refractivity contribution in [2.75, 3.05) is 0 Å². The molecule has 3 nitrogen and oxygen atoms in total. The van der Waals surface area contributed by atoms with E-state index < -0.39 is 11.9 Å². The van der Waals surface area contributed by atoms with Crippen molar-refractivity contribution in [3.05, 3.63) is 63.9 Å². The molecule has 1 aromatic heterocycles. The number of halogens is 3. The lowest BCUT2D eigenvalue weighted by Crippen LogP contribution is -2.23. The molecule has 98 valence electrons. The van der Waals surface area contributed by atoms with Crippen LogP contribution in [-0.2, 0) is 6.54 Å². The highest BCUT2D eigenvalue weighted by Crippen LogP contribution is 2.17. The smallest absolute Gasteiger partial charge is 0.251 e. The predicted octanol–water partition coefficient (Wildman–Crippen LogP) is 3.05. The summed E-state index contributed by atoms with van der Waals surface area (Å²) in [6.45, 7) is 0.140. The van der Waals surface area contributed by atoms with E-state index in [0.29, 0.717) is 10.0 Å². The molecule has 1 N–H and O–H groups in total. The summed E-state index contributed by atoms with van der Waals surface area (Å²) in [5.74, 6) is -1.56. The quantitative estimate of drug-likeness (QED) is 0.881. The van der Waals surface area contributed by atoms with E-state index in [1.54, 1.807) is 6.07 Å². The number of benzene rings is 1. The summed E-state index contributed by atoms with van der Waals surface area (Å²) < 4.78 is 26.6. The van der Waals surface area contributed by atoms with E-state index in [1.807, 2.05) is 0 Å². The second-order valence-electron chi connectivity index (χ2n) is 3.79.